The number of hydrogen-bond acceptors (Lipinski definition) is 4. The molecule has 100 valence electrons. The predicted molar refractivity (Wildman–Crippen MR) is 81.3 cm³/mol. The lowest BCUT2D eigenvalue weighted by molar-refractivity contribution is -0.106. The van der Waals surface area contributed by atoms with Gasteiger partial charge in [-0.3, -0.25) is 0 Å². The van der Waals surface area contributed by atoms with Gasteiger partial charge in [0.15, 0.2) is 0 Å². The smallest absolute Gasteiger partial charge is 0.0940 e. The van der Waals surface area contributed by atoms with Gasteiger partial charge in [-0.15, -0.1) is 11.3 Å². The van der Waals surface area contributed by atoms with E-state index in [2.05, 4.69) is 27.4 Å². The van der Waals surface area contributed by atoms with Gasteiger partial charge in [-0.1, -0.05) is 34.1 Å². The van der Waals surface area contributed by atoms with Crippen molar-refractivity contribution in [1.29, 1.82) is 0 Å². The van der Waals surface area contributed by atoms with Gasteiger partial charge in [-0.2, -0.15) is 0 Å². The highest BCUT2D eigenvalue weighted by molar-refractivity contribution is 9.10. The minimum Gasteiger partial charge on any atom is -0.380 e. The molecule has 1 fully saturated rings. The maximum absolute atomic E-state index is 5.85. The number of thiazole rings is 1. The van der Waals surface area contributed by atoms with Gasteiger partial charge in [0.25, 0.3) is 0 Å². The zero-order valence-corrected chi connectivity index (χ0v) is 12.8. The van der Waals surface area contributed by atoms with E-state index in [-0.39, 0.29) is 5.41 Å². The van der Waals surface area contributed by atoms with Crippen LogP contribution >= 0.6 is 27.3 Å². The van der Waals surface area contributed by atoms with Crippen LogP contribution in [-0.4, -0.2) is 24.7 Å². The predicted octanol–water partition coefficient (Wildman–Crippen LogP) is 3.09. The molecule has 0 atom stereocenters. The lowest BCUT2D eigenvalue weighted by Crippen LogP contribution is -2.49. The molecule has 19 heavy (non-hydrogen) atoms. The van der Waals surface area contributed by atoms with Crippen molar-refractivity contribution in [3.63, 3.8) is 0 Å². The van der Waals surface area contributed by atoms with E-state index in [1.165, 1.54) is 0 Å². The first-order chi connectivity index (χ1) is 9.22. The minimum atomic E-state index is 0.114. The quantitative estimate of drug-likeness (QED) is 0.931. The van der Waals surface area contributed by atoms with Crippen LogP contribution in [0.4, 0.5) is 0 Å². The van der Waals surface area contributed by atoms with Gasteiger partial charge in [-0.25, -0.2) is 4.98 Å². The molecule has 0 aliphatic carbocycles. The van der Waals surface area contributed by atoms with E-state index in [4.69, 9.17) is 15.5 Å². The van der Waals surface area contributed by atoms with Crippen molar-refractivity contribution in [2.45, 2.75) is 6.42 Å². The van der Waals surface area contributed by atoms with Crippen molar-refractivity contribution in [1.82, 2.24) is 4.98 Å². The number of hydrogen-bond donors (Lipinski definition) is 1. The third-order valence-electron chi connectivity index (χ3n) is 3.48. The fraction of sp³-hybridized carbons (Fsp3) is 0.357. The van der Waals surface area contributed by atoms with Crippen LogP contribution in [-0.2, 0) is 11.2 Å². The second-order valence-electron chi connectivity index (χ2n) is 4.98. The Hall–Kier alpha value is -0.750. The molecule has 1 saturated heterocycles. The summed E-state index contributed by atoms with van der Waals surface area (Å²) in [5.41, 5.74) is 8.13. The molecule has 1 aromatic carbocycles. The van der Waals surface area contributed by atoms with E-state index in [1.807, 2.05) is 18.2 Å². The van der Waals surface area contributed by atoms with E-state index in [9.17, 15) is 0 Å². The third-order valence-corrected chi connectivity index (χ3v) is 5.02. The first-order valence-electron chi connectivity index (χ1n) is 6.20. The monoisotopic (exact) mass is 338 g/mol. The molecule has 1 aliphatic rings. The summed E-state index contributed by atoms with van der Waals surface area (Å²) in [7, 11) is 0. The number of rotatable bonds is 4. The Morgan fingerprint density at radius 2 is 2.16 bits per heavy atom. The number of nitrogens with two attached hydrogens (primary N) is 1. The van der Waals surface area contributed by atoms with Crippen LogP contribution in [0.1, 0.15) is 5.01 Å². The molecule has 2 heterocycles. The highest BCUT2D eigenvalue weighted by Crippen LogP contribution is 2.34. The van der Waals surface area contributed by atoms with Gasteiger partial charge >= 0.3 is 0 Å². The standard InChI is InChI=1S/C14H15BrN2OS/c15-11-4-2-1-3-10(11)12-6-19-13(17-12)5-14(7-16)8-18-9-14/h1-4,6H,5,7-9,16H2. The molecular weight excluding hydrogens is 324 g/mol. The molecule has 1 aromatic heterocycles. The first-order valence-corrected chi connectivity index (χ1v) is 7.87. The second kappa shape index (κ2) is 5.32. The first kappa shape index (κ1) is 13.2. The summed E-state index contributed by atoms with van der Waals surface area (Å²) in [6.07, 6.45) is 0.915. The van der Waals surface area contributed by atoms with Gasteiger partial charge in [0, 0.05) is 33.8 Å². The lowest BCUT2D eigenvalue weighted by atomic mass is 9.83. The van der Waals surface area contributed by atoms with Gasteiger partial charge in [0.05, 0.1) is 23.9 Å². The summed E-state index contributed by atoms with van der Waals surface area (Å²) in [6.45, 7) is 2.18. The van der Waals surface area contributed by atoms with Gasteiger partial charge in [-0.05, 0) is 6.07 Å². The Balaban J connectivity index is 1.82. The van der Waals surface area contributed by atoms with Gasteiger partial charge in [0.2, 0.25) is 0 Å². The van der Waals surface area contributed by atoms with Crippen LogP contribution in [0.5, 0.6) is 0 Å². The number of ether oxygens (including phenoxy) is 1. The van der Waals surface area contributed by atoms with Crippen molar-refractivity contribution >= 4 is 27.3 Å². The molecule has 3 rings (SSSR count). The maximum atomic E-state index is 5.85. The Morgan fingerprint density at radius 3 is 2.79 bits per heavy atom. The van der Waals surface area contributed by atoms with Crippen molar-refractivity contribution in [3.05, 3.63) is 39.1 Å². The number of halogens is 1. The van der Waals surface area contributed by atoms with Crippen molar-refractivity contribution in [2.75, 3.05) is 19.8 Å². The Kier molecular flexibility index (Phi) is 3.71. The summed E-state index contributed by atoms with van der Waals surface area (Å²) in [5, 5.41) is 3.25. The SMILES string of the molecule is NCC1(Cc2nc(-c3ccccc3Br)cs2)COC1. The molecule has 0 bridgehead atoms. The molecule has 5 heteroatoms. The highest BCUT2D eigenvalue weighted by Gasteiger charge is 2.38. The van der Waals surface area contributed by atoms with Crippen LogP contribution in [0.2, 0.25) is 0 Å². The number of benzene rings is 1. The van der Waals surface area contributed by atoms with Crippen LogP contribution in [0.15, 0.2) is 34.1 Å². The molecule has 0 spiro atoms. The van der Waals surface area contributed by atoms with Crippen LogP contribution in [0.3, 0.4) is 0 Å². The third kappa shape index (κ3) is 2.60. The molecule has 1 aliphatic heterocycles. The normalized spacial score (nSPS) is 17.2. The van der Waals surface area contributed by atoms with Crippen LogP contribution in [0, 0.1) is 5.41 Å². The fourth-order valence-corrected chi connectivity index (χ4v) is 3.64. The summed E-state index contributed by atoms with van der Waals surface area (Å²) < 4.78 is 6.38. The van der Waals surface area contributed by atoms with E-state index >= 15 is 0 Å². The Morgan fingerprint density at radius 1 is 1.37 bits per heavy atom. The average molecular weight is 339 g/mol. The maximum Gasteiger partial charge on any atom is 0.0940 e. The van der Waals surface area contributed by atoms with E-state index in [0.717, 1.165) is 40.4 Å². The molecule has 2 N–H and O–H groups in total. The van der Waals surface area contributed by atoms with E-state index in [0.29, 0.717) is 6.54 Å². The molecule has 3 nitrogen and oxygen atoms in total. The minimum absolute atomic E-state index is 0.114. The fourth-order valence-electron chi connectivity index (χ4n) is 2.19. The van der Waals surface area contributed by atoms with Crippen molar-refractivity contribution < 1.29 is 4.74 Å². The molecular formula is C14H15BrN2OS. The second-order valence-corrected chi connectivity index (χ2v) is 6.78. The highest BCUT2D eigenvalue weighted by atomic mass is 79.9. The largest absolute Gasteiger partial charge is 0.380 e. The molecule has 0 saturated carbocycles. The van der Waals surface area contributed by atoms with Gasteiger partial charge in [0.1, 0.15) is 0 Å². The Bertz CT molecular complexity index is 575. The summed E-state index contributed by atoms with van der Waals surface area (Å²) in [6, 6.07) is 8.15. The topological polar surface area (TPSA) is 48.1 Å². The van der Waals surface area contributed by atoms with Gasteiger partial charge < -0.3 is 10.5 Å². The van der Waals surface area contributed by atoms with E-state index in [1.54, 1.807) is 11.3 Å². The van der Waals surface area contributed by atoms with Crippen molar-refractivity contribution in [2.24, 2.45) is 11.1 Å². The summed E-state index contributed by atoms with van der Waals surface area (Å²) >= 11 is 5.27. The van der Waals surface area contributed by atoms with Crippen LogP contribution in [0.25, 0.3) is 11.3 Å². The van der Waals surface area contributed by atoms with E-state index < -0.39 is 0 Å². The summed E-state index contributed by atoms with van der Waals surface area (Å²) in [5.74, 6) is 0. The summed E-state index contributed by atoms with van der Waals surface area (Å²) in [4.78, 5) is 4.73. The number of aromatic nitrogens is 1. The van der Waals surface area contributed by atoms with Crippen LogP contribution < -0.4 is 5.73 Å². The molecule has 2 aromatic rings. The van der Waals surface area contributed by atoms with Crippen molar-refractivity contribution in [3.8, 4) is 11.3 Å². The molecule has 0 amide bonds. The lowest BCUT2D eigenvalue weighted by Gasteiger charge is -2.39. The average Bonchev–Trinajstić information content (AvgIpc) is 2.83. The zero-order valence-electron chi connectivity index (χ0n) is 10.4. The zero-order chi connectivity index (χ0) is 13.3. The Labute approximate surface area is 124 Å². The molecule has 0 unspecified atom stereocenters. The molecule has 0 radical (unpaired) electrons. The number of nitrogens with zero attached hydrogens (tertiary/aromatic N) is 1.